The predicted molar refractivity (Wildman–Crippen MR) is 144 cm³/mol. The number of hydrogen-bond donors (Lipinski definition) is 9. The van der Waals surface area contributed by atoms with Crippen LogP contribution in [0.1, 0.15) is 52.3 Å². The van der Waals surface area contributed by atoms with Crippen molar-refractivity contribution in [3.8, 4) is 5.75 Å². The van der Waals surface area contributed by atoms with Gasteiger partial charge in [0, 0.05) is 27.8 Å². The van der Waals surface area contributed by atoms with Crippen LogP contribution in [0.2, 0.25) is 0 Å². The summed E-state index contributed by atoms with van der Waals surface area (Å²) in [4.78, 5) is 2.38. The molecule has 1 aromatic carbocycles. The molecule has 0 amide bonds. The van der Waals surface area contributed by atoms with Crippen LogP contribution in [0, 0.1) is 5.82 Å². The van der Waals surface area contributed by atoms with Gasteiger partial charge >= 0.3 is 0 Å². The van der Waals surface area contributed by atoms with E-state index in [4.69, 9.17) is 14.6 Å². The number of phenols is 1. The quantitative estimate of drug-likeness (QED) is 0.212. The Kier molecular flexibility index (Phi) is 10.7. The van der Waals surface area contributed by atoms with Gasteiger partial charge < -0.3 is 55.4 Å². The molecule has 1 aromatic heterocycles. The summed E-state index contributed by atoms with van der Waals surface area (Å²) < 4.78 is 25.1. The number of phenolic OH excluding ortho intramolecular Hbond substituents is 1. The Bertz CT molecular complexity index is 1130. The zero-order chi connectivity index (χ0) is 30.0. The summed E-state index contributed by atoms with van der Waals surface area (Å²) in [7, 11) is 0. The molecule has 0 radical (unpaired) electrons. The SMILES string of the molecule is C[C@@H]1O[C@H](CO)[C@@H](O)[C@H](O)[C@H]1O.OC[C@H]1O[C@@H](c2cc(Cc3cc4c(s3)CCCC4)c(F)cc2O)[C@H](O)[C@@H](O)[C@@H]1O. The van der Waals surface area contributed by atoms with Crippen LogP contribution in [0.15, 0.2) is 18.2 Å². The standard InChI is InChI=1S/C21H25FO6S.C7H14O5/c22-14-8-15(24)13(21-20(27)19(26)18(25)16(9-23)28-21)7-11(14)6-12-5-10-3-1-2-4-17(10)29-12;1-3-5(9)7(11)6(10)4(2-8)12-3/h5,7-8,16,18-21,23-27H,1-4,6,9H2;3-11H,2H2,1H3/t16-,18-,19+,20-,21+;3-,4+,5-,6+,7+/m10/s1. The highest BCUT2D eigenvalue weighted by Gasteiger charge is 2.45. The highest BCUT2D eigenvalue weighted by atomic mass is 32.1. The summed E-state index contributed by atoms with van der Waals surface area (Å²) in [6.45, 7) is 0.634. The molecule has 2 fully saturated rings. The average molecular weight is 603 g/mol. The lowest BCUT2D eigenvalue weighted by molar-refractivity contribution is -0.232. The minimum absolute atomic E-state index is 0.111. The van der Waals surface area contributed by atoms with Gasteiger partial charge in [-0.15, -0.1) is 11.3 Å². The number of hydrogen-bond acceptors (Lipinski definition) is 12. The molecule has 5 rings (SSSR count). The van der Waals surface area contributed by atoms with Gasteiger partial charge in [-0.25, -0.2) is 4.39 Å². The van der Waals surface area contributed by atoms with Crippen LogP contribution >= 0.6 is 11.3 Å². The van der Waals surface area contributed by atoms with Crippen molar-refractivity contribution < 1.29 is 59.8 Å². The van der Waals surface area contributed by atoms with Crippen molar-refractivity contribution in [2.24, 2.45) is 0 Å². The van der Waals surface area contributed by atoms with Crippen molar-refractivity contribution in [1.29, 1.82) is 0 Å². The molecule has 3 aliphatic rings. The van der Waals surface area contributed by atoms with Crippen LogP contribution < -0.4 is 0 Å². The van der Waals surface area contributed by atoms with E-state index in [1.807, 2.05) is 0 Å². The molecule has 10 atom stereocenters. The predicted octanol–water partition coefficient (Wildman–Crippen LogP) is -0.574. The Morgan fingerprint density at radius 2 is 1.41 bits per heavy atom. The van der Waals surface area contributed by atoms with E-state index in [1.54, 1.807) is 18.3 Å². The molecule has 230 valence electrons. The lowest BCUT2D eigenvalue weighted by Crippen LogP contribution is -2.57. The first-order valence-electron chi connectivity index (χ1n) is 13.7. The summed E-state index contributed by atoms with van der Waals surface area (Å²) in [6.07, 6.45) is -7.08. The summed E-state index contributed by atoms with van der Waals surface area (Å²) in [5.41, 5.74) is 1.78. The number of thiophene rings is 1. The molecule has 0 unspecified atom stereocenters. The maximum absolute atomic E-state index is 14.6. The molecule has 2 aliphatic heterocycles. The zero-order valence-electron chi connectivity index (χ0n) is 22.6. The second-order valence-electron chi connectivity index (χ2n) is 10.8. The van der Waals surface area contributed by atoms with Gasteiger partial charge in [-0.05, 0) is 55.9 Å². The van der Waals surface area contributed by atoms with Gasteiger partial charge in [-0.2, -0.15) is 0 Å². The van der Waals surface area contributed by atoms with Gasteiger partial charge in [-0.1, -0.05) is 0 Å². The van der Waals surface area contributed by atoms with E-state index in [0.29, 0.717) is 12.0 Å². The number of aryl methyl sites for hydroxylation is 2. The molecule has 1 aliphatic carbocycles. The van der Waals surface area contributed by atoms with E-state index in [1.165, 1.54) is 22.9 Å². The fourth-order valence-electron chi connectivity index (χ4n) is 5.46. The number of rotatable bonds is 5. The summed E-state index contributed by atoms with van der Waals surface area (Å²) in [6, 6.07) is 4.51. The average Bonchev–Trinajstić information content (AvgIpc) is 3.37. The number of fused-ring (bicyclic) bond motifs is 1. The Balaban J connectivity index is 0.000000271. The zero-order valence-corrected chi connectivity index (χ0v) is 23.4. The van der Waals surface area contributed by atoms with Gasteiger partial charge in [0.05, 0.1) is 19.3 Å². The monoisotopic (exact) mass is 602 g/mol. The van der Waals surface area contributed by atoms with Crippen molar-refractivity contribution in [2.45, 2.75) is 100 Å². The van der Waals surface area contributed by atoms with Crippen molar-refractivity contribution in [1.82, 2.24) is 0 Å². The summed E-state index contributed by atoms with van der Waals surface area (Å²) in [5.74, 6) is -0.983. The number of halogens is 1. The molecule has 0 bridgehead atoms. The van der Waals surface area contributed by atoms with Crippen LogP contribution in [0.4, 0.5) is 4.39 Å². The first-order chi connectivity index (χ1) is 19.5. The van der Waals surface area contributed by atoms with E-state index in [-0.39, 0.29) is 12.2 Å². The van der Waals surface area contributed by atoms with Crippen molar-refractivity contribution in [2.75, 3.05) is 13.2 Å². The Labute approximate surface area is 240 Å². The fraction of sp³-hybridized carbons (Fsp3) is 0.643. The highest BCUT2D eigenvalue weighted by molar-refractivity contribution is 7.12. The van der Waals surface area contributed by atoms with E-state index in [9.17, 15) is 45.2 Å². The fourth-order valence-corrected chi connectivity index (χ4v) is 6.75. The maximum atomic E-state index is 14.6. The second kappa shape index (κ2) is 13.7. The molecule has 2 saturated heterocycles. The molecule has 3 heterocycles. The van der Waals surface area contributed by atoms with E-state index in [0.717, 1.165) is 30.2 Å². The molecule has 0 spiro atoms. The van der Waals surface area contributed by atoms with Gasteiger partial charge in [0.15, 0.2) is 0 Å². The summed E-state index contributed by atoms with van der Waals surface area (Å²) in [5, 5.41) is 86.3. The third-order valence-electron chi connectivity index (χ3n) is 7.94. The molecule has 41 heavy (non-hydrogen) atoms. The third kappa shape index (κ3) is 6.92. The van der Waals surface area contributed by atoms with Crippen molar-refractivity contribution in [3.63, 3.8) is 0 Å². The number of aliphatic hydroxyl groups is 8. The summed E-state index contributed by atoms with van der Waals surface area (Å²) >= 11 is 1.67. The van der Waals surface area contributed by atoms with Crippen LogP contribution in [-0.2, 0) is 28.7 Å². The minimum atomic E-state index is -1.57. The molecule has 0 saturated carbocycles. The van der Waals surface area contributed by atoms with Gasteiger partial charge in [0.1, 0.15) is 66.5 Å². The molecular weight excluding hydrogens is 563 g/mol. The number of aromatic hydroxyl groups is 1. The first-order valence-corrected chi connectivity index (χ1v) is 14.5. The molecular formula is C28H39FO11S. The van der Waals surface area contributed by atoms with Gasteiger partial charge in [0.2, 0.25) is 0 Å². The molecule has 11 nitrogen and oxygen atoms in total. The Morgan fingerprint density at radius 3 is 2.05 bits per heavy atom. The minimum Gasteiger partial charge on any atom is -0.507 e. The normalized spacial score (nSPS) is 35.4. The number of ether oxygens (including phenoxy) is 2. The Hall–Kier alpha value is -1.75. The van der Waals surface area contributed by atoms with Crippen molar-refractivity contribution >= 4 is 11.3 Å². The maximum Gasteiger partial charge on any atom is 0.130 e. The number of benzene rings is 1. The van der Waals surface area contributed by atoms with Gasteiger partial charge in [-0.3, -0.25) is 0 Å². The van der Waals surface area contributed by atoms with Crippen LogP contribution in [0.5, 0.6) is 5.75 Å². The Morgan fingerprint density at radius 1 is 0.805 bits per heavy atom. The lowest BCUT2D eigenvalue weighted by atomic mass is 9.89. The van der Waals surface area contributed by atoms with Crippen LogP contribution in [-0.4, -0.2) is 114 Å². The van der Waals surface area contributed by atoms with E-state index >= 15 is 0 Å². The lowest BCUT2D eigenvalue weighted by Gasteiger charge is -2.40. The number of aliphatic hydroxyl groups excluding tert-OH is 8. The molecule has 9 N–H and O–H groups in total. The smallest absolute Gasteiger partial charge is 0.130 e. The largest absolute Gasteiger partial charge is 0.507 e. The van der Waals surface area contributed by atoms with Crippen LogP contribution in [0.25, 0.3) is 0 Å². The van der Waals surface area contributed by atoms with Gasteiger partial charge in [0.25, 0.3) is 0 Å². The van der Waals surface area contributed by atoms with Crippen LogP contribution in [0.3, 0.4) is 0 Å². The third-order valence-corrected chi connectivity index (χ3v) is 9.17. The van der Waals surface area contributed by atoms with E-state index in [2.05, 4.69) is 6.07 Å². The van der Waals surface area contributed by atoms with Crippen molar-refractivity contribution in [3.05, 3.63) is 50.5 Å². The second-order valence-corrected chi connectivity index (χ2v) is 12.1. The first kappa shape index (κ1) is 32.2. The highest BCUT2D eigenvalue weighted by Crippen LogP contribution is 2.39. The molecule has 2 aromatic rings. The molecule has 13 heteroatoms. The van der Waals surface area contributed by atoms with E-state index < -0.39 is 79.2 Å². The topological polar surface area (TPSA) is 201 Å².